The molecule has 0 bridgehead atoms. The van der Waals surface area contributed by atoms with Gasteiger partial charge >= 0.3 is 0 Å². The van der Waals surface area contributed by atoms with Crippen molar-refractivity contribution in [3.63, 3.8) is 0 Å². The molecule has 2 rings (SSSR count). The van der Waals surface area contributed by atoms with Crippen molar-refractivity contribution in [1.82, 2.24) is 0 Å². The van der Waals surface area contributed by atoms with E-state index in [2.05, 4.69) is 67.7 Å². The van der Waals surface area contributed by atoms with E-state index in [-0.39, 0.29) is 0 Å². The normalized spacial score (nSPS) is 10.6. The number of rotatable bonds is 2. The lowest BCUT2D eigenvalue weighted by Gasteiger charge is -2.11. The molecule has 0 amide bonds. The maximum absolute atomic E-state index is 2.38. The summed E-state index contributed by atoms with van der Waals surface area (Å²) < 4.78 is 0. The maximum atomic E-state index is 2.38. The lowest BCUT2D eigenvalue weighted by Crippen LogP contribution is -2.24. The van der Waals surface area contributed by atoms with Crippen molar-refractivity contribution in [1.29, 1.82) is 0 Å². The summed E-state index contributed by atoms with van der Waals surface area (Å²) in [5, 5.41) is 1.56. The molecule has 0 spiro atoms. The second-order valence-electron chi connectivity index (χ2n) is 4.11. The third kappa shape index (κ3) is 2.18. The summed E-state index contributed by atoms with van der Waals surface area (Å²) in [6.45, 7) is 4.75. The Bertz CT molecular complexity index is 432. The van der Waals surface area contributed by atoms with E-state index in [1.54, 1.807) is 5.19 Å². The molecule has 76 valence electrons. The summed E-state index contributed by atoms with van der Waals surface area (Å²) in [6, 6.07) is 19.4. The van der Waals surface area contributed by atoms with E-state index in [1.807, 2.05) is 0 Å². The van der Waals surface area contributed by atoms with Gasteiger partial charge in [0.05, 0.1) is 8.80 Å². The van der Waals surface area contributed by atoms with E-state index < -0.39 is 8.80 Å². The molecule has 1 heteroatoms. The Labute approximate surface area is 93.2 Å². The SMILES string of the molecule is C[SiH](C)c1ccccc1-c1ccccc1. The second-order valence-corrected chi connectivity index (χ2v) is 7.04. The van der Waals surface area contributed by atoms with Crippen LogP contribution in [0.5, 0.6) is 0 Å². The van der Waals surface area contributed by atoms with Gasteiger partial charge in [-0.15, -0.1) is 0 Å². The van der Waals surface area contributed by atoms with E-state index >= 15 is 0 Å². The first-order valence-electron chi connectivity index (χ1n) is 5.43. The Balaban J connectivity index is 2.53. The Hall–Kier alpha value is -1.34. The Morgan fingerprint density at radius 3 is 2.00 bits per heavy atom. The van der Waals surface area contributed by atoms with Gasteiger partial charge in [-0.1, -0.05) is 72.9 Å². The zero-order valence-corrected chi connectivity index (χ0v) is 10.4. The van der Waals surface area contributed by atoms with Crippen LogP contribution in [0.4, 0.5) is 0 Å². The zero-order chi connectivity index (χ0) is 10.7. The largest absolute Gasteiger partial charge is 0.0682 e. The predicted octanol–water partition coefficient (Wildman–Crippen LogP) is 3.05. The van der Waals surface area contributed by atoms with Gasteiger partial charge in [0.1, 0.15) is 0 Å². The second kappa shape index (κ2) is 4.45. The van der Waals surface area contributed by atoms with Crippen LogP contribution in [0.25, 0.3) is 11.1 Å². The molecular weight excluding hydrogens is 196 g/mol. The average Bonchev–Trinajstić information content (AvgIpc) is 2.30. The minimum absolute atomic E-state index is 0.738. The summed E-state index contributed by atoms with van der Waals surface area (Å²) in [6.07, 6.45) is 0. The number of hydrogen-bond donors (Lipinski definition) is 0. The lowest BCUT2D eigenvalue weighted by atomic mass is 10.1. The first-order chi connectivity index (χ1) is 7.29. The molecule has 15 heavy (non-hydrogen) atoms. The molecule has 2 aromatic carbocycles. The van der Waals surface area contributed by atoms with Crippen LogP contribution in [0.3, 0.4) is 0 Å². The molecule has 0 radical (unpaired) electrons. The quantitative estimate of drug-likeness (QED) is 0.671. The fraction of sp³-hybridized carbons (Fsp3) is 0.143. The highest BCUT2D eigenvalue weighted by Crippen LogP contribution is 2.16. The van der Waals surface area contributed by atoms with Gasteiger partial charge in [0.2, 0.25) is 0 Å². The van der Waals surface area contributed by atoms with Crippen LogP contribution >= 0.6 is 0 Å². The highest BCUT2D eigenvalue weighted by atomic mass is 28.3. The molecular formula is C14H16Si. The molecule has 0 nitrogen and oxygen atoms in total. The molecule has 0 saturated heterocycles. The standard InChI is InChI=1S/C14H16Si/c1-15(2)14-11-7-6-10-13(14)12-8-4-3-5-9-12/h3-11,15H,1-2H3. The van der Waals surface area contributed by atoms with Crippen molar-refractivity contribution in [2.75, 3.05) is 0 Å². The third-order valence-corrected chi connectivity index (χ3v) is 4.42. The maximum Gasteiger partial charge on any atom is 0.0655 e. The minimum atomic E-state index is -0.738. The zero-order valence-electron chi connectivity index (χ0n) is 9.27. The number of benzene rings is 2. The van der Waals surface area contributed by atoms with Crippen molar-refractivity contribution < 1.29 is 0 Å². The Morgan fingerprint density at radius 2 is 1.33 bits per heavy atom. The smallest absolute Gasteiger partial charge is 0.0655 e. The number of hydrogen-bond acceptors (Lipinski definition) is 0. The summed E-state index contributed by atoms with van der Waals surface area (Å²) >= 11 is 0. The topological polar surface area (TPSA) is 0 Å². The predicted molar refractivity (Wildman–Crippen MR) is 70.4 cm³/mol. The van der Waals surface area contributed by atoms with E-state index in [1.165, 1.54) is 11.1 Å². The third-order valence-electron chi connectivity index (χ3n) is 2.67. The molecule has 0 unspecified atom stereocenters. The molecule has 0 atom stereocenters. The molecule has 0 aliphatic rings. The molecule has 0 heterocycles. The molecule has 2 aromatic rings. The van der Waals surface area contributed by atoms with Crippen LogP contribution in [-0.4, -0.2) is 8.80 Å². The van der Waals surface area contributed by atoms with Gasteiger partial charge < -0.3 is 0 Å². The summed E-state index contributed by atoms with van der Waals surface area (Å²) in [5.74, 6) is 0. The molecule has 0 aliphatic carbocycles. The van der Waals surface area contributed by atoms with Gasteiger partial charge in [0.25, 0.3) is 0 Å². The first kappa shape index (κ1) is 10.2. The molecule has 0 N–H and O–H groups in total. The van der Waals surface area contributed by atoms with Gasteiger partial charge in [-0.25, -0.2) is 0 Å². The minimum Gasteiger partial charge on any atom is -0.0682 e. The van der Waals surface area contributed by atoms with Crippen LogP contribution < -0.4 is 5.19 Å². The van der Waals surface area contributed by atoms with Crippen molar-refractivity contribution in [3.8, 4) is 11.1 Å². The highest BCUT2D eigenvalue weighted by molar-refractivity contribution is 6.72. The first-order valence-corrected chi connectivity index (χ1v) is 8.32. The summed E-state index contributed by atoms with van der Waals surface area (Å²) in [4.78, 5) is 0. The van der Waals surface area contributed by atoms with Crippen LogP contribution in [0.1, 0.15) is 0 Å². The van der Waals surface area contributed by atoms with Crippen LogP contribution in [-0.2, 0) is 0 Å². The van der Waals surface area contributed by atoms with E-state index in [4.69, 9.17) is 0 Å². The van der Waals surface area contributed by atoms with Gasteiger partial charge in [-0.2, -0.15) is 0 Å². The fourth-order valence-corrected chi connectivity index (χ4v) is 3.26. The molecule has 0 fully saturated rings. The van der Waals surface area contributed by atoms with Gasteiger partial charge in [0, 0.05) is 0 Å². The van der Waals surface area contributed by atoms with Crippen molar-refractivity contribution in [2.24, 2.45) is 0 Å². The Kier molecular flexibility index (Phi) is 3.02. The van der Waals surface area contributed by atoms with Crippen molar-refractivity contribution in [2.45, 2.75) is 13.1 Å². The van der Waals surface area contributed by atoms with E-state index in [0.29, 0.717) is 0 Å². The van der Waals surface area contributed by atoms with Crippen molar-refractivity contribution in [3.05, 3.63) is 54.6 Å². The Morgan fingerprint density at radius 1 is 0.733 bits per heavy atom. The van der Waals surface area contributed by atoms with E-state index in [9.17, 15) is 0 Å². The highest BCUT2D eigenvalue weighted by Gasteiger charge is 2.07. The van der Waals surface area contributed by atoms with E-state index in [0.717, 1.165) is 0 Å². The fourth-order valence-electron chi connectivity index (χ4n) is 1.88. The van der Waals surface area contributed by atoms with Crippen LogP contribution in [0.15, 0.2) is 54.6 Å². The molecule has 0 aromatic heterocycles. The molecule has 0 saturated carbocycles. The lowest BCUT2D eigenvalue weighted by molar-refractivity contribution is 1.64. The monoisotopic (exact) mass is 212 g/mol. The van der Waals surface area contributed by atoms with Gasteiger partial charge in [0.15, 0.2) is 0 Å². The van der Waals surface area contributed by atoms with Gasteiger partial charge in [-0.05, 0) is 11.1 Å². The summed E-state index contributed by atoms with van der Waals surface area (Å²) in [5.41, 5.74) is 2.76. The summed E-state index contributed by atoms with van der Waals surface area (Å²) in [7, 11) is -0.738. The van der Waals surface area contributed by atoms with Crippen LogP contribution in [0, 0.1) is 0 Å². The van der Waals surface area contributed by atoms with Crippen LogP contribution in [0.2, 0.25) is 13.1 Å². The van der Waals surface area contributed by atoms with Gasteiger partial charge in [-0.3, -0.25) is 0 Å². The molecule has 0 aliphatic heterocycles. The average molecular weight is 212 g/mol. The van der Waals surface area contributed by atoms with Crippen molar-refractivity contribution >= 4 is 14.0 Å².